The highest BCUT2D eigenvalue weighted by Crippen LogP contribution is 2.15. The van der Waals surface area contributed by atoms with Gasteiger partial charge in [-0.1, -0.05) is 38.1 Å². The van der Waals surface area contributed by atoms with Crippen molar-refractivity contribution in [3.8, 4) is 0 Å². The summed E-state index contributed by atoms with van der Waals surface area (Å²) in [5.74, 6) is 0. The minimum absolute atomic E-state index is 0.389. The Labute approximate surface area is 124 Å². The van der Waals surface area contributed by atoms with Crippen molar-refractivity contribution in [3.63, 3.8) is 0 Å². The second-order valence-electron chi connectivity index (χ2n) is 5.66. The van der Waals surface area contributed by atoms with Crippen molar-refractivity contribution in [2.24, 2.45) is 0 Å². The number of aryl methyl sites for hydroxylation is 1. The van der Waals surface area contributed by atoms with Crippen molar-refractivity contribution < 1.29 is 5.11 Å². The van der Waals surface area contributed by atoms with E-state index in [0.717, 1.165) is 44.6 Å². The molecule has 0 aliphatic carbocycles. The fourth-order valence-electron chi connectivity index (χ4n) is 2.31. The molecule has 0 aromatic heterocycles. The summed E-state index contributed by atoms with van der Waals surface area (Å²) in [4.78, 5) is 4.52. The maximum absolute atomic E-state index is 10.3. The van der Waals surface area contributed by atoms with E-state index in [2.05, 4.69) is 62.0 Å². The number of rotatable bonds is 9. The van der Waals surface area contributed by atoms with Crippen LogP contribution in [-0.2, 0) is 6.42 Å². The molecule has 0 heterocycles. The second-order valence-corrected chi connectivity index (χ2v) is 5.66. The van der Waals surface area contributed by atoms with Crippen LogP contribution in [0.25, 0.3) is 0 Å². The van der Waals surface area contributed by atoms with Crippen LogP contribution in [0.2, 0.25) is 0 Å². The Balaban J connectivity index is 2.46. The van der Waals surface area contributed by atoms with Gasteiger partial charge in [0.05, 0.1) is 6.10 Å². The number of aliphatic hydroxyl groups is 1. The first-order chi connectivity index (χ1) is 9.56. The lowest BCUT2D eigenvalue weighted by molar-refractivity contribution is 0.114. The molecule has 1 rings (SSSR count). The number of benzene rings is 1. The molecule has 114 valence electrons. The minimum Gasteiger partial charge on any atom is -0.387 e. The number of aliphatic hydroxyl groups excluding tert-OH is 1. The van der Waals surface area contributed by atoms with Gasteiger partial charge in [0.2, 0.25) is 0 Å². The van der Waals surface area contributed by atoms with E-state index in [1.54, 1.807) is 0 Å². The van der Waals surface area contributed by atoms with Gasteiger partial charge < -0.3 is 14.9 Å². The van der Waals surface area contributed by atoms with Crippen molar-refractivity contribution in [2.45, 2.75) is 32.8 Å². The van der Waals surface area contributed by atoms with Gasteiger partial charge in [0, 0.05) is 6.54 Å². The van der Waals surface area contributed by atoms with Crippen molar-refractivity contribution >= 4 is 0 Å². The molecule has 1 unspecified atom stereocenters. The van der Waals surface area contributed by atoms with Crippen molar-refractivity contribution in [3.05, 3.63) is 35.4 Å². The van der Waals surface area contributed by atoms with Gasteiger partial charge >= 0.3 is 0 Å². The second kappa shape index (κ2) is 9.11. The van der Waals surface area contributed by atoms with Gasteiger partial charge in [-0.05, 0) is 57.7 Å². The molecule has 0 bridgehead atoms. The molecule has 1 atom stereocenters. The van der Waals surface area contributed by atoms with E-state index in [9.17, 15) is 5.11 Å². The van der Waals surface area contributed by atoms with Crippen LogP contribution in [0, 0.1) is 0 Å². The molecule has 0 saturated carbocycles. The largest absolute Gasteiger partial charge is 0.387 e. The zero-order valence-electron chi connectivity index (χ0n) is 13.5. The van der Waals surface area contributed by atoms with Crippen LogP contribution >= 0.6 is 0 Å². The van der Waals surface area contributed by atoms with Crippen LogP contribution in [0.3, 0.4) is 0 Å². The molecule has 3 nitrogen and oxygen atoms in total. The van der Waals surface area contributed by atoms with E-state index < -0.39 is 0 Å². The van der Waals surface area contributed by atoms with Crippen molar-refractivity contribution in [1.29, 1.82) is 0 Å². The Kier molecular flexibility index (Phi) is 7.82. The van der Waals surface area contributed by atoms with Gasteiger partial charge in [-0.15, -0.1) is 0 Å². The summed E-state index contributed by atoms with van der Waals surface area (Å²) in [6, 6.07) is 8.33. The van der Waals surface area contributed by atoms with Crippen LogP contribution in [0.15, 0.2) is 24.3 Å². The zero-order valence-corrected chi connectivity index (χ0v) is 13.5. The lowest BCUT2D eigenvalue weighted by Crippen LogP contribution is -2.31. The van der Waals surface area contributed by atoms with E-state index in [0.29, 0.717) is 0 Å². The smallest absolute Gasteiger partial charge is 0.0916 e. The first kappa shape index (κ1) is 17.2. The molecule has 0 fully saturated rings. The maximum Gasteiger partial charge on any atom is 0.0916 e. The number of nitrogens with zero attached hydrogens (tertiary/aromatic N) is 2. The van der Waals surface area contributed by atoms with E-state index in [1.165, 1.54) is 5.56 Å². The molecule has 1 N–H and O–H groups in total. The standard InChI is InChI=1S/C17H30N2O/c1-5-15-8-10-16(11-9-15)17(20)14-19(6-2)13-7-12-18(3)4/h8-11,17,20H,5-7,12-14H2,1-4H3. The number of hydrogen-bond donors (Lipinski definition) is 1. The molecule has 0 saturated heterocycles. The molecular formula is C17H30N2O. The SMILES string of the molecule is CCc1ccc(C(O)CN(CC)CCCN(C)C)cc1. The third-order valence-corrected chi connectivity index (χ3v) is 3.73. The molecule has 0 spiro atoms. The molecule has 0 radical (unpaired) electrons. The van der Waals surface area contributed by atoms with Gasteiger partial charge in [0.1, 0.15) is 0 Å². The minimum atomic E-state index is -0.389. The molecular weight excluding hydrogens is 248 g/mol. The Bertz CT molecular complexity index is 362. The van der Waals surface area contributed by atoms with Gasteiger partial charge in [-0.3, -0.25) is 0 Å². The van der Waals surface area contributed by atoms with Gasteiger partial charge in [-0.25, -0.2) is 0 Å². The highest BCUT2D eigenvalue weighted by atomic mass is 16.3. The summed E-state index contributed by atoms with van der Waals surface area (Å²) in [5, 5.41) is 10.3. The lowest BCUT2D eigenvalue weighted by atomic mass is 10.1. The topological polar surface area (TPSA) is 26.7 Å². The Hall–Kier alpha value is -0.900. The van der Waals surface area contributed by atoms with Crippen LogP contribution in [0.5, 0.6) is 0 Å². The first-order valence-electron chi connectivity index (χ1n) is 7.70. The Morgan fingerprint density at radius 2 is 1.70 bits per heavy atom. The molecule has 0 amide bonds. The average molecular weight is 278 g/mol. The summed E-state index contributed by atoms with van der Waals surface area (Å²) in [7, 11) is 4.20. The molecule has 1 aromatic carbocycles. The summed E-state index contributed by atoms with van der Waals surface area (Å²) < 4.78 is 0. The number of likely N-dealkylation sites (N-methyl/N-ethyl adjacent to an activating group) is 1. The van der Waals surface area contributed by atoms with Crippen molar-refractivity contribution in [2.75, 3.05) is 40.3 Å². The highest BCUT2D eigenvalue weighted by Gasteiger charge is 2.12. The van der Waals surface area contributed by atoms with Crippen LogP contribution < -0.4 is 0 Å². The number of hydrogen-bond acceptors (Lipinski definition) is 3. The Morgan fingerprint density at radius 3 is 2.20 bits per heavy atom. The fraction of sp³-hybridized carbons (Fsp3) is 0.647. The summed E-state index contributed by atoms with van der Waals surface area (Å²) in [5.41, 5.74) is 2.34. The predicted molar refractivity (Wildman–Crippen MR) is 86.1 cm³/mol. The maximum atomic E-state index is 10.3. The van der Waals surface area contributed by atoms with Gasteiger partial charge in [0.15, 0.2) is 0 Å². The monoisotopic (exact) mass is 278 g/mol. The quantitative estimate of drug-likeness (QED) is 0.752. The zero-order chi connectivity index (χ0) is 15.0. The van der Waals surface area contributed by atoms with E-state index in [4.69, 9.17) is 0 Å². The summed E-state index contributed by atoms with van der Waals surface area (Å²) in [6.45, 7) is 8.14. The van der Waals surface area contributed by atoms with Crippen LogP contribution in [0.1, 0.15) is 37.5 Å². The van der Waals surface area contributed by atoms with E-state index in [-0.39, 0.29) is 6.10 Å². The first-order valence-corrected chi connectivity index (χ1v) is 7.70. The third kappa shape index (κ3) is 6.04. The summed E-state index contributed by atoms with van der Waals surface area (Å²) in [6.07, 6.45) is 1.80. The molecule has 20 heavy (non-hydrogen) atoms. The highest BCUT2D eigenvalue weighted by molar-refractivity contribution is 5.24. The Morgan fingerprint density at radius 1 is 1.05 bits per heavy atom. The molecule has 0 aliphatic heterocycles. The van der Waals surface area contributed by atoms with Gasteiger partial charge in [0.25, 0.3) is 0 Å². The van der Waals surface area contributed by atoms with Crippen molar-refractivity contribution in [1.82, 2.24) is 9.80 Å². The van der Waals surface area contributed by atoms with Crippen LogP contribution in [0.4, 0.5) is 0 Å². The van der Waals surface area contributed by atoms with Crippen LogP contribution in [-0.4, -0.2) is 55.2 Å². The summed E-state index contributed by atoms with van der Waals surface area (Å²) >= 11 is 0. The fourth-order valence-corrected chi connectivity index (χ4v) is 2.31. The molecule has 1 aromatic rings. The average Bonchev–Trinajstić information content (AvgIpc) is 2.45. The molecule has 0 aliphatic rings. The predicted octanol–water partition coefficient (Wildman–Crippen LogP) is 2.56. The molecule has 3 heteroatoms. The lowest BCUT2D eigenvalue weighted by Gasteiger charge is -2.24. The van der Waals surface area contributed by atoms with E-state index >= 15 is 0 Å². The normalized spacial score (nSPS) is 13.2. The van der Waals surface area contributed by atoms with Gasteiger partial charge in [-0.2, -0.15) is 0 Å². The third-order valence-electron chi connectivity index (χ3n) is 3.73. The van der Waals surface area contributed by atoms with E-state index in [1.807, 2.05) is 0 Å².